The number of hydrogen-bond donors (Lipinski definition) is 2. The summed E-state index contributed by atoms with van der Waals surface area (Å²) in [5, 5.41) is 13.5. The van der Waals surface area contributed by atoms with Gasteiger partial charge in [0.05, 0.1) is 37.0 Å². The first-order valence-electron chi connectivity index (χ1n) is 10.8. The number of carbonyl (C=O) groups is 2. The minimum absolute atomic E-state index is 0.224. The van der Waals surface area contributed by atoms with Crippen molar-refractivity contribution in [1.29, 1.82) is 0 Å². The number of nitrogens with one attached hydrogen (secondary N) is 1. The number of rotatable bonds is 4. The van der Waals surface area contributed by atoms with E-state index < -0.39 is 17.7 Å². The molecule has 0 unspecified atom stereocenters. The van der Waals surface area contributed by atoms with Gasteiger partial charge in [0.2, 0.25) is 0 Å². The van der Waals surface area contributed by atoms with Crippen molar-refractivity contribution in [2.24, 2.45) is 0 Å². The molecule has 0 spiro atoms. The molecule has 1 aromatic carbocycles. The van der Waals surface area contributed by atoms with Crippen molar-refractivity contribution in [3.05, 3.63) is 75.5 Å². The van der Waals surface area contributed by atoms with Crippen LogP contribution in [0, 0.1) is 0 Å². The number of carbonyl (C=O) groups excluding carboxylic acids is 2. The van der Waals surface area contributed by atoms with Crippen LogP contribution in [0.25, 0.3) is 16.5 Å². The standard InChI is InChI=1S/C25H27N3O6/c1-25(2,3)34-24(32)28-17(14-29)10-16-6-5-15(9-21(16)28)13-27-8-7-18-19(22(27)30)11-26-12-20(18)23(31)33-4/h5-10,12,26,29H,11,13-14H2,1-4H3. The summed E-state index contributed by atoms with van der Waals surface area (Å²) in [4.78, 5) is 38.0. The number of aliphatic hydroxyl groups is 1. The smallest absolute Gasteiger partial charge is 0.419 e. The zero-order chi connectivity index (χ0) is 24.6. The van der Waals surface area contributed by atoms with Gasteiger partial charge in [0.25, 0.3) is 5.56 Å². The molecule has 0 aliphatic carbocycles. The maximum absolute atomic E-state index is 13.2. The molecule has 34 heavy (non-hydrogen) atoms. The summed E-state index contributed by atoms with van der Waals surface area (Å²) >= 11 is 0. The van der Waals surface area contributed by atoms with Crippen LogP contribution < -0.4 is 10.9 Å². The van der Waals surface area contributed by atoms with Gasteiger partial charge in [0, 0.05) is 35.5 Å². The van der Waals surface area contributed by atoms with Crippen LogP contribution in [0.15, 0.2) is 47.5 Å². The quantitative estimate of drug-likeness (QED) is 0.570. The first-order chi connectivity index (χ1) is 16.1. The van der Waals surface area contributed by atoms with Crippen molar-refractivity contribution in [2.45, 2.75) is 46.1 Å². The second-order valence-electron chi connectivity index (χ2n) is 9.07. The molecular weight excluding hydrogens is 438 g/mol. The Morgan fingerprint density at radius 2 is 1.94 bits per heavy atom. The van der Waals surface area contributed by atoms with E-state index in [-0.39, 0.29) is 18.7 Å². The van der Waals surface area contributed by atoms with Gasteiger partial charge in [-0.1, -0.05) is 12.1 Å². The maximum atomic E-state index is 13.2. The van der Waals surface area contributed by atoms with Gasteiger partial charge >= 0.3 is 12.1 Å². The van der Waals surface area contributed by atoms with E-state index in [4.69, 9.17) is 9.47 Å². The van der Waals surface area contributed by atoms with Gasteiger partial charge in [-0.3, -0.25) is 4.79 Å². The molecule has 0 radical (unpaired) electrons. The predicted octanol–water partition coefficient (Wildman–Crippen LogP) is 2.74. The van der Waals surface area contributed by atoms with Crippen LogP contribution in [0.1, 0.15) is 43.2 Å². The Hall–Kier alpha value is -3.85. The van der Waals surface area contributed by atoms with Crippen molar-refractivity contribution in [3.63, 3.8) is 0 Å². The Bertz CT molecular complexity index is 1370. The molecule has 178 valence electrons. The maximum Gasteiger partial charge on any atom is 0.419 e. The first kappa shape index (κ1) is 23.3. The van der Waals surface area contributed by atoms with Crippen LogP contribution >= 0.6 is 0 Å². The summed E-state index contributed by atoms with van der Waals surface area (Å²) in [7, 11) is 1.30. The van der Waals surface area contributed by atoms with Gasteiger partial charge in [-0.25, -0.2) is 14.2 Å². The number of aromatic nitrogens is 2. The number of fused-ring (bicyclic) bond motifs is 2. The van der Waals surface area contributed by atoms with Gasteiger partial charge in [0.15, 0.2) is 0 Å². The number of ether oxygens (including phenoxy) is 2. The second-order valence-corrected chi connectivity index (χ2v) is 9.07. The van der Waals surface area contributed by atoms with E-state index in [9.17, 15) is 19.5 Å². The first-order valence-corrected chi connectivity index (χ1v) is 10.8. The third-order valence-corrected chi connectivity index (χ3v) is 5.52. The van der Waals surface area contributed by atoms with Gasteiger partial charge < -0.3 is 24.5 Å². The molecule has 4 rings (SSSR count). The SMILES string of the molecule is COC(=O)C1=CNCc2c1ccn(Cc1ccc3cc(CO)n(C(=O)OC(C)(C)C)c3c1)c2=O. The molecule has 9 nitrogen and oxygen atoms in total. The molecule has 0 atom stereocenters. The topological polar surface area (TPSA) is 112 Å². The largest absolute Gasteiger partial charge is 0.465 e. The summed E-state index contributed by atoms with van der Waals surface area (Å²) in [5.74, 6) is -0.515. The monoisotopic (exact) mass is 465 g/mol. The van der Waals surface area contributed by atoms with E-state index in [0.717, 1.165) is 10.9 Å². The molecule has 2 N–H and O–H groups in total. The molecule has 1 aliphatic rings. The number of hydrogen-bond acceptors (Lipinski definition) is 7. The molecule has 0 fully saturated rings. The highest BCUT2D eigenvalue weighted by Gasteiger charge is 2.24. The number of nitrogens with zero attached hydrogens (tertiary/aromatic N) is 2. The third kappa shape index (κ3) is 4.34. The van der Waals surface area contributed by atoms with E-state index in [2.05, 4.69) is 5.32 Å². The number of aliphatic hydroxyl groups excluding tert-OH is 1. The third-order valence-electron chi connectivity index (χ3n) is 5.52. The average molecular weight is 466 g/mol. The Labute approximate surface area is 196 Å². The Kier molecular flexibility index (Phi) is 6.05. The van der Waals surface area contributed by atoms with E-state index >= 15 is 0 Å². The molecule has 3 aromatic rings. The summed E-state index contributed by atoms with van der Waals surface area (Å²) in [6.07, 6.45) is 2.61. The van der Waals surface area contributed by atoms with Crippen LogP contribution in [-0.2, 0) is 34.0 Å². The van der Waals surface area contributed by atoms with Crippen molar-refractivity contribution >= 4 is 28.5 Å². The lowest BCUT2D eigenvalue weighted by Crippen LogP contribution is -2.31. The van der Waals surface area contributed by atoms with E-state index in [1.54, 1.807) is 49.9 Å². The molecule has 0 saturated heterocycles. The highest BCUT2D eigenvalue weighted by atomic mass is 16.6. The Morgan fingerprint density at radius 3 is 2.62 bits per heavy atom. The van der Waals surface area contributed by atoms with Crippen molar-refractivity contribution in [1.82, 2.24) is 14.5 Å². The molecule has 3 heterocycles. The lowest BCUT2D eigenvalue weighted by molar-refractivity contribution is -0.133. The molecule has 9 heteroatoms. The van der Waals surface area contributed by atoms with Gasteiger partial charge in [-0.15, -0.1) is 0 Å². The van der Waals surface area contributed by atoms with Crippen LogP contribution in [0.3, 0.4) is 0 Å². The zero-order valence-electron chi connectivity index (χ0n) is 19.5. The van der Waals surface area contributed by atoms with E-state index in [1.807, 2.05) is 18.2 Å². The molecular formula is C25H27N3O6. The summed E-state index contributed by atoms with van der Waals surface area (Å²) in [5.41, 5.74) is 2.20. The fourth-order valence-electron chi connectivity index (χ4n) is 4.02. The minimum atomic E-state index is -0.694. The lowest BCUT2D eigenvalue weighted by Gasteiger charge is -2.21. The van der Waals surface area contributed by atoms with Gasteiger partial charge in [-0.05, 0) is 44.5 Å². The van der Waals surface area contributed by atoms with Crippen molar-refractivity contribution in [3.8, 4) is 0 Å². The lowest BCUT2D eigenvalue weighted by atomic mass is 9.99. The van der Waals surface area contributed by atoms with E-state index in [0.29, 0.717) is 34.5 Å². The van der Waals surface area contributed by atoms with Gasteiger partial charge in [-0.2, -0.15) is 0 Å². The molecule has 0 amide bonds. The number of methoxy groups -OCH3 is 1. The highest BCUT2D eigenvalue weighted by molar-refractivity contribution is 6.17. The van der Waals surface area contributed by atoms with E-state index in [1.165, 1.54) is 11.7 Å². The fourth-order valence-corrected chi connectivity index (χ4v) is 4.02. The Morgan fingerprint density at radius 1 is 1.18 bits per heavy atom. The molecule has 0 saturated carbocycles. The number of benzene rings is 1. The minimum Gasteiger partial charge on any atom is -0.465 e. The van der Waals surface area contributed by atoms with Gasteiger partial charge in [0.1, 0.15) is 5.60 Å². The fraction of sp³-hybridized carbons (Fsp3) is 0.320. The molecule has 2 aromatic heterocycles. The second kappa shape index (κ2) is 8.83. The average Bonchev–Trinajstić information content (AvgIpc) is 3.17. The highest BCUT2D eigenvalue weighted by Crippen LogP contribution is 2.25. The normalized spacial score (nSPS) is 13.1. The summed E-state index contributed by atoms with van der Waals surface area (Å²) in [6.45, 7) is 5.57. The summed E-state index contributed by atoms with van der Waals surface area (Å²) in [6, 6.07) is 8.98. The van der Waals surface area contributed by atoms with Crippen molar-refractivity contribution in [2.75, 3.05) is 7.11 Å². The van der Waals surface area contributed by atoms with Crippen LogP contribution in [0.4, 0.5) is 4.79 Å². The Balaban J connectivity index is 1.72. The predicted molar refractivity (Wildman–Crippen MR) is 126 cm³/mol. The zero-order valence-corrected chi connectivity index (χ0v) is 19.5. The van der Waals surface area contributed by atoms with Crippen molar-refractivity contribution < 1.29 is 24.2 Å². The van der Waals surface area contributed by atoms with Crippen LogP contribution in [-0.4, -0.2) is 39.0 Å². The number of esters is 1. The number of pyridine rings is 1. The molecule has 1 aliphatic heterocycles. The summed E-state index contributed by atoms with van der Waals surface area (Å²) < 4.78 is 13.2. The van der Waals surface area contributed by atoms with Crippen LogP contribution in [0.2, 0.25) is 0 Å². The van der Waals surface area contributed by atoms with Crippen LogP contribution in [0.5, 0.6) is 0 Å². The molecule has 0 bridgehead atoms.